The molecule has 0 spiro atoms. The van der Waals surface area contributed by atoms with E-state index in [1.54, 1.807) is 0 Å². The maximum Gasteiger partial charge on any atom is 0.226 e. The van der Waals surface area contributed by atoms with Crippen LogP contribution in [0.4, 0.5) is 0 Å². The van der Waals surface area contributed by atoms with Crippen molar-refractivity contribution in [2.75, 3.05) is 6.54 Å². The SMILES string of the molecule is Cc1cccc(-c2cnc(C3CCCN3C(=O)C3CC4CCCC(C3)C4N)[nH]2)c1.Cl.Cl. The summed E-state index contributed by atoms with van der Waals surface area (Å²) in [7, 11) is 0. The first-order chi connectivity index (χ1) is 14.1. The van der Waals surface area contributed by atoms with Crippen molar-refractivity contribution in [3.8, 4) is 11.3 Å². The third-order valence-corrected chi connectivity index (χ3v) is 7.54. The first-order valence-corrected chi connectivity index (χ1v) is 11.3. The zero-order valence-electron chi connectivity index (χ0n) is 18.1. The Morgan fingerprint density at radius 3 is 2.58 bits per heavy atom. The van der Waals surface area contributed by atoms with Gasteiger partial charge in [-0.2, -0.15) is 0 Å². The summed E-state index contributed by atoms with van der Waals surface area (Å²) in [5.74, 6) is 2.49. The predicted molar refractivity (Wildman–Crippen MR) is 128 cm³/mol. The van der Waals surface area contributed by atoms with Crippen LogP contribution in [0, 0.1) is 24.7 Å². The number of imidazole rings is 1. The molecule has 5 rings (SSSR count). The molecule has 3 fully saturated rings. The van der Waals surface area contributed by atoms with Gasteiger partial charge >= 0.3 is 0 Å². The van der Waals surface area contributed by atoms with Gasteiger partial charge in [0, 0.05) is 18.5 Å². The van der Waals surface area contributed by atoms with Crippen LogP contribution < -0.4 is 5.73 Å². The number of aromatic amines is 1. The monoisotopic (exact) mass is 464 g/mol. The molecular weight excluding hydrogens is 431 g/mol. The van der Waals surface area contributed by atoms with Gasteiger partial charge in [0.15, 0.2) is 0 Å². The largest absolute Gasteiger partial charge is 0.340 e. The van der Waals surface area contributed by atoms with Gasteiger partial charge in [0.25, 0.3) is 0 Å². The summed E-state index contributed by atoms with van der Waals surface area (Å²) in [4.78, 5) is 23.8. The number of halogens is 2. The number of nitrogens with zero attached hydrogens (tertiary/aromatic N) is 2. The molecule has 31 heavy (non-hydrogen) atoms. The summed E-state index contributed by atoms with van der Waals surface area (Å²) in [6.07, 6.45) is 9.59. The van der Waals surface area contributed by atoms with E-state index in [1.165, 1.54) is 24.8 Å². The van der Waals surface area contributed by atoms with Gasteiger partial charge in [-0.25, -0.2) is 4.98 Å². The van der Waals surface area contributed by atoms with E-state index in [-0.39, 0.29) is 36.8 Å². The molecule has 1 aromatic heterocycles. The summed E-state index contributed by atoms with van der Waals surface area (Å²) in [5, 5.41) is 0. The molecule has 5 nitrogen and oxygen atoms in total. The number of nitrogens with one attached hydrogen (secondary N) is 1. The van der Waals surface area contributed by atoms with Gasteiger partial charge in [-0.15, -0.1) is 24.8 Å². The van der Waals surface area contributed by atoms with E-state index in [0.29, 0.717) is 23.8 Å². The van der Waals surface area contributed by atoms with Crippen LogP contribution in [0.25, 0.3) is 11.3 Å². The number of rotatable bonds is 3. The molecular formula is C24H34Cl2N4O. The Morgan fingerprint density at radius 1 is 1.13 bits per heavy atom. The molecule has 1 aliphatic heterocycles. The van der Waals surface area contributed by atoms with Crippen molar-refractivity contribution in [2.24, 2.45) is 23.5 Å². The second kappa shape index (κ2) is 9.93. The lowest BCUT2D eigenvalue weighted by Crippen LogP contribution is -2.49. The standard InChI is InChI=1S/C24H32N4O.2ClH/c1-15-5-2-6-16(11-15)20-14-26-23(27-20)21-9-4-10-28(21)24(29)19-12-17-7-3-8-18(13-19)22(17)25;;/h2,5-6,11,14,17-19,21-22H,3-4,7-10,12-13,25H2,1H3,(H,26,27);2*1H. The third kappa shape index (κ3) is 4.64. The average molecular weight is 465 g/mol. The van der Waals surface area contributed by atoms with Crippen molar-refractivity contribution >= 4 is 30.7 Å². The fourth-order valence-corrected chi connectivity index (χ4v) is 6.01. The number of hydrogen-bond donors (Lipinski definition) is 2. The molecule has 3 atom stereocenters. The molecule has 2 bridgehead atoms. The lowest BCUT2D eigenvalue weighted by molar-refractivity contribution is -0.139. The van der Waals surface area contributed by atoms with E-state index in [9.17, 15) is 4.79 Å². The highest BCUT2D eigenvalue weighted by atomic mass is 35.5. The molecule has 0 radical (unpaired) electrons. The first-order valence-electron chi connectivity index (χ1n) is 11.3. The van der Waals surface area contributed by atoms with Crippen molar-refractivity contribution in [3.63, 3.8) is 0 Å². The van der Waals surface area contributed by atoms with Crippen LogP contribution in [0.5, 0.6) is 0 Å². The highest BCUT2D eigenvalue weighted by molar-refractivity contribution is 5.85. The Kier molecular flexibility index (Phi) is 7.72. The molecule has 1 amide bonds. The maximum absolute atomic E-state index is 13.5. The second-order valence-electron chi connectivity index (χ2n) is 9.44. The van der Waals surface area contributed by atoms with Gasteiger partial charge < -0.3 is 15.6 Å². The van der Waals surface area contributed by atoms with Crippen molar-refractivity contribution in [2.45, 2.75) is 64.0 Å². The first kappa shape index (κ1) is 24.1. The number of H-pyrrole nitrogens is 1. The number of benzene rings is 1. The molecule has 7 heteroatoms. The quantitative estimate of drug-likeness (QED) is 0.667. The molecule has 2 heterocycles. The normalized spacial score (nSPS) is 29.7. The highest BCUT2D eigenvalue weighted by Gasteiger charge is 2.43. The van der Waals surface area contributed by atoms with Gasteiger partial charge in [0.1, 0.15) is 5.82 Å². The Balaban J connectivity index is 0.00000136. The molecule has 2 saturated carbocycles. The average Bonchev–Trinajstić information content (AvgIpc) is 3.37. The minimum atomic E-state index is 0. The second-order valence-corrected chi connectivity index (χ2v) is 9.44. The highest BCUT2D eigenvalue weighted by Crippen LogP contribution is 2.44. The maximum atomic E-state index is 13.5. The number of carbonyl (C=O) groups is 1. The van der Waals surface area contributed by atoms with Crippen molar-refractivity contribution in [1.82, 2.24) is 14.9 Å². The lowest BCUT2D eigenvalue weighted by Gasteiger charge is -2.44. The third-order valence-electron chi connectivity index (χ3n) is 7.54. The number of amides is 1. The van der Waals surface area contributed by atoms with Gasteiger partial charge in [0.2, 0.25) is 5.91 Å². The zero-order valence-corrected chi connectivity index (χ0v) is 19.8. The minimum Gasteiger partial charge on any atom is -0.340 e. The van der Waals surface area contributed by atoms with Gasteiger partial charge in [-0.1, -0.05) is 30.2 Å². The van der Waals surface area contributed by atoms with Crippen molar-refractivity contribution < 1.29 is 4.79 Å². The van der Waals surface area contributed by atoms with Crippen LogP contribution in [0.15, 0.2) is 30.5 Å². The number of carbonyl (C=O) groups excluding carboxylic acids is 1. The van der Waals surface area contributed by atoms with Gasteiger partial charge in [-0.05, 0) is 68.9 Å². The number of aryl methyl sites for hydroxylation is 1. The predicted octanol–water partition coefficient (Wildman–Crippen LogP) is 5.05. The van der Waals surface area contributed by atoms with Gasteiger partial charge in [-0.3, -0.25) is 4.79 Å². The molecule has 2 aromatic rings. The molecule has 170 valence electrons. The van der Waals surface area contributed by atoms with Gasteiger partial charge in [0.05, 0.1) is 17.9 Å². The summed E-state index contributed by atoms with van der Waals surface area (Å²) >= 11 is 0. The Morgan fingerprint density at radius 2 is 1.87 bits per heavy atom. The smallest absolute Gasteiger partial charge is 0.226 e. The summed E-state index contributed by atoms with van der Waals surface area (Å²) < 4.78 is 0. The van der Waals surface area contributed by atoms with Crippen LogP contribution in [-0.2, 0) is 4.79 Å². The van der Waals surface area contributed by atoms with E-state index < -0.39 is 0 Å². The molecule has 1 aromatic carbocycles. The fourth-order valence-electron chi connectivity index (χ4n) is 6.01. The van der Waals surface area contributed by atoms with E-state index in [1.807, 2.05) is 6.20 Å². The van der Waals surface area contributed by atoms with Crippen LogP contribution in [0.3, 0.4) is 0 Å². The van der Waals surface area contributed by atoms with E-state index in [2.05, 4.69) is 46.1 Å². The lowest BCUT2D eigenvalue weighted by atomic mass is 9.65. The van der Waals surface area contributed by atoms with Crippen LogP contribution in [0.2, 0.25) is 0 Å². The number of aromatic nitrogens is 2. The molecule has 3 N–H and O–H groups in total. The van der Waals surface area contributed by atoms with E-state index in [0.717, 1.165) is 49.3 Å². The van der Waals surface area contributed by atoms with Crippen LogP contribution in [-0.4, -0.2) is 33.4 Å². The summed E-state index contributed by atoms with van der Waals surface area (Å²) in [5.41, 5.74) is 9.86. The molecule has 3 aliphatic rings. The number of hydrogen-bond acceptors (Lipinski definition) is 3. The fraction of sp³-hybridized carbons (Fsp3) is 0.583. The topological polar surface area (TPSA) is 75.0 Å². The van der Waals surface area contributed by atoms with E-state index >= 15 is 0 Å². The number of likely N-dealkylation sites (tertiary alicyclic amines) is 1. The number of nitrogens with two attached hydrogens (primary N) is 1. The molecule has 3 unspecified atom stereocenters. The van der Waals surface area contributed by atoms with E-state index in [4.69, 9.17) is 5.73 Å². The van der Waals surface area contributed by atoms with Crippen LogP contribution >= 0.6 is 24.8 Å². The Hall–Kier alpha value is -1.56. The zero-order chi connectivity index (χ0) is 20.0. The molecule has 2 aliphatic carbocycles. The van der Waals surface area contributed by atoms with Crippen molar-refractivity contribution in [1.29, 1.82) is 0 Å². The molecule has 1 saturated heterocycles. The van der Waals surface area contributed by atoms with Crippen molar-refractivity contribution in [3.05, 3.63) is 41.9 Å². The summed E-state index contributed by atoms with van der Waals surface area (Å²) in [6.45, 7) is 2.95. The minimum absolute atomic E-state index is 0. The summed E-state index contributed by atoms with van der Waals surface area (Å²) in [6, 6.07) is 8.83. The van der Waals surface area contributed by atoms with Crippen LogP contribution in [0.1, 0.15) is 62.4 Å². The number of fused-ring (bicyclic) bond motifs is 2. The Labute approximate surface area is 197 Å². The Bertz CT molecular complexity index is 887.